The molecule has 1 saturated carbocycles. The number of ether oxygens (including phenoxy) is 1. The molecule has 1 aliphatic carbocycles. The average molecular weight is 448 g/mol. The van der Waals surface area contributed by atoms with Crippen molar-refractivity contribution in [2.24, 2.45) is 5.92 Å². The quantitative estimate of drug-likeness (QED) is 0.460. The molecule has 5 nitrogen and oxygen atoms in total. The van der Waals surface area contributed by atoms with E-state index >= 15 is 0 Å². The molecule has 1 N–H and O–H groups in total. The number of hydrogen-bond acceptors (Lipinski definition) is 5. The molecule has 9 heteroatoms. The first-order chi connectivity index (χ1) is 14.8. The van der Waals surface area contributed by atoms with Crippen molar-refractivity contribution < 1.29 is 27.5 Å². The van der Waals surface area contributed by atoms with Crippen molar-refractivity contribution in [3.05, 3.63) is 59.1 Å². The number of nitrogens with zero attached hydrogens (tertiary/aromatic N) is 1. The van der Waals surface area contributed by atoms with Crippen LogP contribution in [0.2, 0.25) is 0 Å². The number of rotatable bonds is 6. The monoisotopic (exact) mass is 448 g/mol. The molecule has 0 saturated heterocycles. The molecule has 0 aliphatic heterocycles. The summed E-state index contributed by atoms with van der Waals surface area (Å²) in [4.78, 5) is 21.6. The lowest BCUT2D eigenvalue weighted by molar-refractivity contribution is -0.138. The van der Waals surface area contributed by atoms with E-state index in [2.05, 4.69) is 10.5 Å². The summed E-state index contributed by atoms with van der Waals surface area (Å²) in [6, 6.07) is 8.19. The molecule has 1 aliphatic rings. The van der Waals surface area contributed by atoms with E-state index in [-0.39, 0.29) is 23.1 Å². The van der Waals surface area contributed by atoms with Gasteiger partial charge in [0.2, 0.25) is 0 Å². The highest BCUT2D eigenvalue weighted by Gasteiger charge is 2.32. The molecule has 1 fully saturated rings. The summed E-state index contributed by atoms with van der Waals surface area (Å²) < 4.78 is 45.6. The van der Waals surface area contributed by atoms with Crippen LogP contribution in [0.25, 0.3) is 11.1 Å². The third-order valence-electron chi connectivity index (χ3n) is 5.14. The average Bonchev–Trinajstić information content (AvgIpc) is 3.19. The van der Waals surface area contributed by atoms with Crippen LogP contribution in [0.4, 0.5) is 13.2 Å². The lowest BCUT2D eigenvalue weighted by atomic mass is 9.85. The van der Waals surface area contributed by atoms with Gasteiger partial charge in [-0.05, 0) is 61.2 Å². The molecule has 0 radical (unpaired) electrons. The number of alkyl halides is 3. The second-order valence-electron chi connectivity index (χ2n) is 7.29. The number of hydroxylamine groups is 1. The number of carbonyl (C=O) groups excluding carboxylic acids is 1. The van der Waals surface area contributed by atoms with E-state index in [1.165, 1.54) is 17.4 Å². The summed E-state index contributed by atoms with van der Waals surface area (Å²) in [5.74, 6) is 0.308. The predicted octanol–water partition coefficient (Wildman–Crippen LogP) is 6.14. The fraction of sp³-hybridized carbons (Fsp3) is 0.273. The lowest BCUT2D eigenvalue weighted by Crippen LogP contribution is -2.36. The largest absolute Gasteiger partial charge is 0.431 e. The maximum atomic E-state index is 13.3. The Hall–Kier alpha value is -3.07. The third kappa shape index (κ3) is 4.82. The molecule has 0 atom stereocenters. The van der Waals surface area contributed by atoms with Crippen LogP contribution >= 0.6 is 11.3 Å². The van der Waals surface area contributed by atoms with Crippen LogP contribution in [0.15, 0.2) is 48.0 Å². The van der Waals surface area contributed by atoms with Crippen LogP contribution < -0.4 is 15.1 Å². The Balaban J connectivity index is 1.63. The van der Waals surface area contributed by atoms with Gasteiger partial charge < -0.3 is 9.57 Å². The van der Waals surface area contributed by atoms with Crippen molar-refractivity contribution >= 4 is 17.2 Å². The van der Waals surface area contributed by atoms with Gasteiger partial charge in [-0.2, -0.15) is 18.7 Å². The number of hydrogen-bond donors (Lipinski definition) is 1. The Kier molecular flexibility index (Phi) is 5.86. The van der Waals surface area contributed by atoms with E-state index < -0.39 is 11.7 Å². The van der Waals surface area contributed by atoms with E-state index in [1.54, 1.807) is 36.7 Å². The number of carbonyl (C=O) groups is 1. The third-order valence-corrected chi connectivity index (χ3v) is 5.79. The molecule has 1 aromatic heterocycles. The minimum absolute atomic E-state index is 0.109. The SMILES string of the molecule is Cc1cc(-c2cc(C(F)(F)F)ccc2ONC(=O)C2CCC2)ccc1Oc1nccs1. The Morgan fingerprint density at radius 2 is 1.94 bits per heavy atom. The Bertz CT molecular complexity index is 1080. The molecule has 4 rings (SSSR count). The molecule has 162 valence electrons. The highest BCUT2D eigenvalue weighted by Crippen LogP contribution is 2.39. The fourth-order valence-electron chi connectivity index (χ4n) is 3.17. The second-order valence-corrected chi connectivity index (χ2v) is 8.14. The zero-order valence-electron chi connectivity index (χ0n) is 16.5. The number of halogens is 3. The molecule has 0 spiro atoms. The number of amides is 1. The van der Waals surface area contributed by atoms with E-state index in [0.717, 1.165) is 37.0 Å². The highest BCUT2D eigenvalue weighted by molar-refractivity contribution is 7.11. The number of aromatic nitrogens is 1. The van der Waals surface area contributed by atoms with Gasteiger partial charge in [0.25, 0.3) is 11.1 Å². The first kappa shape index (κ1) is 21.2. The van der Waals surface area contributed by atoms with Gasteiger partial charge >= 0.3 is 6.18 Å². The highest BCUT2D eigenvalue weighted by atomic mass is 32.1. The normalized spacial score (nSPS) is 14.1. The summed E-state index contributed by atoms with van der Waals surface area (Å²) in [6.07, 6.45) is -0.332. The minimum Gasteiger partial charge on any atom is -0.431 e. The van der Waals surface area contributed by atoms with Crippen LogP contribution in [0.5, 0.6) is 16.7 Å². The van der Waals surface area contributed by atoms with E-state index in [9.17, 15) is 18.0 Å². The minimum atomic E-state index is -4.51. The summed E-state index contributed by atoms with van der Waals surface area (Å²) in [6.45, 7) is 1.79. The summed E-state index contributed by atoms with van der Waals surface area (Å²) in [5, 5.41) is 2.25. The summed E-state index contributed by atoms with van der Waals surface area (Å²) >= 11 is 1.33. The molecule has 1 amide bonds. The van der Waals surface area contributed by atoms with Crippen LogP contribution in [0, 0.1) is 12.8 Å². The number of thiazole rings is 1. The van der Waals surface area contributed by atoms with E-state index in [4.69, 9.17) is 9.57 Å². The van der Waals surface area contributed by atoms with Gasteiger partial charge in [-0.15, -0.1) is 0 Å². The Labute approximate surface area is 180 Å². The fourth-order valence-corrected chi connectivity index (χ4v) is 3.66. The first-order valence-electron chi connectivity index (χ1n) is 9.67. The van der Waals surface area contributed by atoms with Crippen molar-refractivity contribution in [2.45, 2.75) is 32.4 Å². The van der Waals surface area contributed by atoms with Gasteiger partial charge in [0.1, 0.15) is 5.75 Å². The molecule has 2 aromatic carbocycles. The topological polar surface area (TPSA) is 60.5 Å². The Morgan fingerprint density at radius 3 is 2.55 bits per heavy atom. The standard InChI is InChI=1S/C22H19F3N2O3S/c1-13-11-15(5-7-18(13)29-21-26-9-10-31-21)17-12-16(22(23,24)25)6-8-19(17)30-27-20(28)14-3-2-4-14/h5-12,14H,2-4H2,1H3,(H,27,28). The molecular weight excluding hydrogens is 429 g/mol. The maximum Gasteiger partial charge on any atom is 0.416 e. The number of benzene rings is 2. The van der Waals surface area contributed by atoms with Crippen molar-refractivity contribution in [2.75, 3.05) is 0 Å². The first-order valence-corrected chi connectivity index (χ1v) is 10.6. The zero-order chi connectivity index (χ0) is 22.0. The smallest absolute Gasteiger partial charge is 0.416 e. The van der Waals surface area contributed by atoms with Crippen LogP contribution in [-0.4, -0.2) is 10.9 Å². The Morgan fingerprint density at radius 1 is 1.16 bits per heavy atom. The van der Waals surface area contributed by atoms with Crippen LogP contribution in [-0.2, 0) is 11.0 Å². The summed E-state index contributed by atoms with van der Waals surface area (Å²) in [5.41, 5.74) is 3.00. The van der Waals surface area contributed by atoms with Gasteiger partial charge in [-0.3, -0.25) is 4.79 Å². The zero-order valence-corrected chi connectivity index (χ0v) is 17.3. The van der Waals surface area contributed by atoms with Gasteiger partial charge in [-0.1, -0.05) is 23.8 Å². The molecule has 0 bridgehead atoms. The predicted molar refractivity (Wildman–Crippen MR) is 110 cm³/mol. The van der Waals surface area contributed by atoms with Crippen LogP contribution in [0.1, 0.15) is 30.4 Å². The van der Waals surface area contributed by atoms with Crippen molar-refractivity contribution in [1.29, 1.82) is 0 Å². The molecule has 31 heavy (non-hydrogen) atoms. The molecule has 0 unspecified atom stereocenters. The van der Waals surface area contributed by atoms with Crippen molar-refractivity contribution in [3.8, 4) is 27.8 Å². The summed E-state index contributed by atoms with van der Waals surface area (Å²) in [7, 11) is 0. The number of nitrogens with one attached hydrogen (secondary N) is 1. The van der Waals surface area contributed by atoms with Crippen molar-refractivity contribution in [1.82, 2.24) is 10.5 Å². The van der Waals surface area contributed by atoms with Gasteiger partial charge in [-0.25, -0.2) is 4.98 Å². The molecule has 1 heterocycles. The van der Waals surface area contributed by atoms with Gasteiger partial charge in [0.15, 0.2) is 5.75 Å². The van der Waals surface area contributed by atoms with Crippen LogP contribution in [0.3, 0.4) is 0 Å². The molecular formula is C22H19F3N2O3S. The number of aryl methyl sites for hydroxylation is 1. The van der Waals surface area contributed by atoms with Gasteiger partial charge in [0, 0.05) is 23.1 Å². The second kappa shape index (κ2) is 8.58. The van der Waals surface area contributed by atoms with Gasteiger partial charge in [0.05, 0.1) is 5.56 Å². The molecule has 3 aromatic rings. The van der Waals surface area contributed by atoms with E-state index in [0.29, 0.717) is 16.5 Å². The maximum absolute atomic E-state index is 13.3. The van der Waals surface area contributed by atoms with E-state index in [1.807, 2.05) is 0 Å². The lowest BCUT2D eigenvalue weighted by Gasteiger charge is -2.24. The van der Waals surface area contributed by atoms with Crippen molar-refractivity contribution in [3.63, 3.8) is 0 Å².